The minimum atomic E-state index is -0.351. The van der Waals surface area contributed by atoms with Gasteiger partial charge >= 0.3 is 0 Å². The van der Waals surface area contributed by atoms with E-state index in [1.807, 2.05) is 36.4 Å². The molecule has 0 N–H and O–H groups in total. The first-order valence-electron chi connectivity index (χ1n) is 8.89. The highest BCUT2D eigenvalue weighted by Gasteiger charge is 2.18. The highest BCUT2D eigenvalue weighted by molar-refractivity contribution is 7.98. The van der Waals surface area contributed by atoms with Gasteiger partial charge in [-0.15, -0.1) is 10.2 Å². The lowest BCUT2D eigenvalue weighted by Gasteiger charge is -2.13. The summed E-state index contributed by atoms with van der Waals surface area (Å²) in [7, 11) is 0. The summed E-state index contributed by atoms with van der Waals surface area (Å²) < 4.78 is 17.6. The van der Waals surface area contributed by atoms with E-state index < -0.39 is 0 Å². The van der Waals surface area contributed by atoms with Crippen LogP contribution in [0.5, 0.6) is 0 Å². The summed E-state index contributed by atoms with van der Waals surface area (Å²) in [6.45, 7) is 4.63. The van der Waals surface area contributed by atoms with Gasteiger partial charge in [0.2, 0.25) is 5.78 Å². The van der Waals surface area contributed by atoms with Crippen molar-refractivity contribution in [3.8, 4) is 0 Å². The molecule has 0 bridgehead atoms. The minimum Gasteiger partial charge on any atom is -0.276 e. The maximum absolute atomic E-state index is 14.1. The Morgan fingerprint density at radius 2 is 1.93 bits per heavy atom. The Bertz CT molecular complexity index is 1210. The number of benzene rings is 2. The predicted octanol–water partition coefficient (Wildman–Crippen LogP) is 4.79. The van der Waals surface area contributed by atoms with Gasteiger partial charge in [0.05, 0.1) is 10.9 Å². The maximum atomic E-state index is 14.1. The molecule has 0 amide bonds. The van der Waals surface area contributed by atoms with E-state index in [0.717, 1.165) is 5.52 Å². The largest absolute Gasteiger partial charge is 0.276 e. The van der Waals surface area contributed by atoms with E-state index in [2.05, 4.69) is 10.2 Å². The Morgan fingerprint density at radius 1 is 1.14 bits per heavy atom. The fraction of sp³-hybridized carbons (Fsp3) is 0.250. The quantitative estimate of drug-likeness (QED) is 0.439. The SMILES string of the molecule is CC(C)Cn1c(=O)c2ccccc2n2c(SCc3c(F)cccc3Cl)nnc12. The van der Waals surface area contributed by atoms with E-state index in [4.69, 9.17) is 11.6 Å². The molecule has 2 heterocycles. The second-order valence-corrected chi connectivity index (χ2v) is 8.28. The summed E-state index contributed by atoms with van der Waals surface area (Å²) in [5, 5.41) is 10.1. The topological polar surface area (TPSA) is 52.2 Å². The first-order valence-corrected chi connectivity index (χ1v) is 10.3. The van der Waals surface area contributed by atoms with E-state index in [1.54, 1.807) is 22.8 Å². The standard InChI is InChI=1S/C20H18ClFN4OS/c1-12(2)10-25-18(27)13-6-3-4-9-17(13)26-19(25)23-24-20(26)28-11-14-15(21)7-5-8-16(14)22/h3-9,12H,10-11H2,1-2H3. The Kier molecular flexibility index (Phi) is 5.12. The smallest absolute Gasteiger partial charge is 0.262 e. The van der Waals surface area contributed by atoms with Crippen LogP contribution >= 0.6 is 23.4 Å². The second-order valence-electron chi connectivity index (χ2n) is 6.93. The van der Waals surface area contributed by atoms with Crippen molar-refractivity contribution in [2.45, 2.75) is 31.3 Å². The van der Waals surface area contributed by atoms with Crippen LogP contribution in [0.1, 0.15) is 19.4 Å². The Morgan fingerprint density at radius 3 is 2.68 bits per heavy atom. The zero-order chi connectivity index (χ0) is 19.8. The van der Waals surface area contributed by atoms with Crippen molar-refractivity contribution in [2.24, 2.45) is 5.92 Å². The highest BCUT2D eigenvalue weighted by atomic mass is 35.5. The number of rotatable bonds is 5. The van der Waals surface area contributed by atoms with Crippen molar-refractivity contribution in [1.29, 1.82) is 0 Å². The molecule has 0 aliphatic heterocycles. The van der Waals surface area contributed by atoms with Crippen LogP contribution < -0.4 is 5.56 Å². The number of aromatic nitrogens is 4. The van der Waals surface area contributed by atoms with Crippen molar-refractivity contribution in [3.63, 3.8) is 0 Å². The number of nitrogens with zero attached hydrogens (tertiary/aromatic N) is 4. The molecule has 0 spiro atoms. The van der Waals surface area contributed by atoms with Crippen LogP contribution in [0.25, 0.3) is 16.7 Å². The summed E-state index contributed by atoms with van der Waals surface area (Å²) >= 11 is 7.48. The lowest BCUT2D eigenvalue weighted by molar-refractivity contribution is 0.517. The molecule has 0 fully saturated rings. The average Bonchev–Trinajstić information content (AvgIpc) is 3.08. The minimum absolute atomic E-state index is 0.0853. The third-order valence-corrected chi connectivity index (χ3v) is 5.74. The van der Waals surface area contributed by atoms with Crippen LogP contribution in [0.2, 0.25) is 5.02 Å². The second kappa shape index (κ2) is 7.56. The Balaban J connectivity index is 1.86. The molecule has 2 aromatic carbocycles. The zero-order valence-corrected chi connectivity index (χ0v) is 17.0. The average molecular weight is 417 g/mol. The molecule has 8 heteroatoms. The molecule has 0 radical (unpaired) electrons. The van der Waals surface area contributed by atoms with Gasteiger partial charge in [-0.1, -0.05) is 55.4 Å². The van der Waals surface area contributed by atoms with Crippen LogP contribution in [0.15, 0.2) is 52.4 Å². The number of fused-ring (bicyclic) bond motifs is 3. The van der Waals surface area contributed by atoms with Gasteiger partial charge in [0, 0.05) is 22.9 Å². The lowest BCUT2D eigenvalue weighted by atomic mass is 10.2. The van der Waals surface area contributed by atoms with Crippen LogP contribution in [0.3, 0.4) is 0 Å². The van der Waals surface area contributed by atoms with Crippen molar-refractivity contribution in [3.05, 3.63) is 69.2 Å². The first-order chi connectivity index (χ1) is 13.5. The molecule has 0 saturated heterocycles. The summed E-state index contributed by atoms with van der Waals surface area (Å²) in [5.41, 5.74) is 1.07. The van der Waals surface area contributed by atoms with Crippen molar-refractivity contribution in [2.75, 3.05) is 0 Å². The molecule has 4 aromatic rings. The van der Waals surface area contributed by atoms with Crippen molar-refractivity contribution in [1.82, 2.24) is 19.2 Å². The van der Waals surface area contributed by atoms with Gasteiger partial charge in [-0.05, 0) is 30.2 Å². The molecule has 28 heavy (non-hydrogen) atoms. The molecular weight excluding hydrogens is 399 g/mol. The zero-order valence-electron chi connectivity index (χ0n) is 15.4. The van der Waals surface area contributed by atoms with Crippen molar-refractivity contribution >= 4 is 40.0 Å². The Labute approximate surface area is 170 Å². The van der Waals surface area contributed by atoms with Gasteiger partial charge in [0.15, 0.2) is 5.16 Å². The highest BCUT2D eigenvalue weighted by Crippen LogP contribution is 2.29. The fourth-order valence-electron chi connectivity index (χ4n) is 3.16. The first kappa shape index (κ1) is 19.0. The van der Waals surface area contributed by atoms with Crippen LogP contribution in [0.4, 0.5) is 4.39 Å². The number of halogens is 2. The molecule has 0 aliphatic carbocycles. The molecule has 0 atom stereocenters. The van der Waals surface area contributed by atoms with Crippen molar-refractivity contribution < 1.29 is 4.39 Å². The molecule has 0 saturated carbocycles. The summed E-state index contributed by atoms with van der Waals surface area (Å²) in [5.74, 6) is 0.715. The van der Waals surface area contributed by atoms with E-state index >= 15 is 0 Å². The summed E-state index contributed by atoms with van der Waals surface area (Å²) in [6.07, 6.45) is 0. The third-order valence-electron chi connectivity index (χ3n) is 4.43. The molecule has 0 unspecified atom stereocenters. The van der Waals surface area contributed by atoms with E-state index in [0.29, 0.717) is 39.2 Å². The molecule has 4 rings (SSSR count). The third kappa shape index (κ3) is 3.29. The molecule has 2 aromatic heterocycles. The van der Waals surface area contributed by atoms with E-state index in [9.17, 15) is 9.18 Å². The van der Waals surface area contributed by atoms with E-state index in [1.165, 1.54) is 17.8 Å². The normalized spacial score (nSPS) is 11.8. The van der Waals surface area contributed by atoms with Gasteiger partial charge in [0.25, 0.3) is 5.56 Å². The number of hydrogen-bond donors (Lipinski definition) is 0. The van der Waals surface area contributed by atoms with Crippen LogP contribution in [-0.4, -0.2) is 19.2 Å². The van der Waals surface area contributed by atoms with E-state index in [-0.39, 0.29) is 17.3 Å². The molecule has 0 aliphatic rings. The Hall–Kier alpha value is -2.38. The van der Waals surface area contributed by atoms with Gasteiger partial charge in [-0.25, -0.2) is 4.39 Å². The van der Waals surface area contributed by atoms with Crippen LogP contribution in [0, 0.1) is 11.7 Å². The van der Waals surface area contributed by atoms with Gasteiger partial charge < -0.3 is 0 Å². The lowest BCUT2D eigenvalue weighted by Crippen LogP contribution is -2.25. The van der Waals surface area contributed by atoms with Gasteiger partial charge in [0.1, 0.15) is 5.82 Å². The van der Waals surface area contributed by atoms with Gasteiger partial charge in [-0.2, -0.15) is 0 Å². The summed E-state index contributed by atoms with van der Waals surface area (Å²) in [6, 6.07) is 12.0. The van der Waals surface area contributed by atoms with Crippen LogP contribution in [-0.2, 0) is 12.3 Å². The molecule has 144 valence electrons. The summed E-state index contributed by atoms with van der Waals surface area (Å²) in [4.78, 5) is 13.0. The molecule has 5 nitrogen and oxygen atoms in total. The molecular formula is C20H18ClFN4OS. The monoisotopic (exact) mass is 416 g/mol. The maximum Gasteiger partial charge on any atom is 0.262 e. The number of hydrogen-bond acceptors (Lipinski definition) is 4. The number of thioether (sulfide) groups is 1. The fourth-order valence-corrected chi connectivity index (χ4v) is 4.45. The van der Waals surface area contributed by atoms with Gasteiger partial charge in [-0.3, -0.25) is 13.8 Å². The number of para-hydroxylation sites is 1. The predicted molar refractivity (Wildman–Crippen MR) is 111 cm³/mol.